The molecule has 1 aromatic carbocycles. The zero-order valence-electron chi connectivity index (χ0n) is 23.1. The fourth-order valence-corrected chi connectivity index (χ4v) is 5.07. The average Bonchev–Trinajstić information content (AvgIpc) is 3.35. The third-order valence-electron chi connectivity index (χ3n) is 6.96. The van der Waals surface area contributed by atoms with Crippen molar-refractivity contribution < 1.29 is 19.4 Å². The molecule has 1 saturated carbocycles. The van der Waals surface area contributed by atoms with Crippen LogP contribution in [-0.2, 0) is 11.3 Å². The SMILES string of the molecule is CCCCOc1c(C(NC(=O)O)C(C)(C)C)n(CC(C)C)c(=O)c2ccc(NC(=O)C3CCCC3)cc12. The van der Waals surface area contributed by atoms with Crippen molar-refractivity contribution in [3.8, 4) is 5.75 Å². The lowest BCUT2D eigenvalue weighted by Gasteiger charge is -2.34. The summed E-state index contributed by atoms with van der Waals surface area (Å²) in [6.45, 7) is 12.8. The molecule has 1 unspecified atom stereocenters. The lowest BCUT2D eigenvalue weighted by Crippen LogP contribution is -2.40. The number of pyridine rings is 1. The van der Waals surface area contributed by atoms with Crippen molar-refractivity contribution in [2.24, 2.45) is 17.3 Å². The first-order valence-corrected chi connectivity index (χ1v) is 13.6. The van der Waals surface area contributed by atoms with Crippen LogP contribution < -0.4 is 20.9 Å². The molecule has 0 radical (unpaired) electrons. The van der Waals surface area contributed by atoms with Crippen LogP contribution in [-0.4, -0.2) is 28.3 Å². The van der Waals surface area contributed by atoms with Gasteiger partial charge in [-0.25, -0.2) is 4.79 Å². The molecule has 0 aliphatic heterocycles. The molecule has 0 saturated heterocycles. The number of unbranched alkanes of at least 4 members (excludes halogenated alkanes) is 1. The number of rotatable bonds is 10. The average molecular weight is 514 g/mol. The highest BCUT2D eigenvalue weighted by Crippen LogP contribution is 2.41. The Morgan fingerprint density at radius 1 is 1.16 bits per heavy atom. The van der Waals surface area contributed by atoms with E-state index in [1.54, 1.807) is 22.8 Å². The second-order valence-corrected chi connectivity index (χ2v) is 11.7. The Kier molecular flexibility index (Phi) is 9.26. The number of benzene rings is 1. The van der Waals surface area contributed by atoms with Crippen molar-refractivity contribution in [2.45, 2.75) is 92.7 Å². The molecule has 1 aromatic heterocycles. The van der Waals surface area contributed by atoms with Crippen molar-refractivity contribution in [2.75, 3.05) is 11.9 Å². The van der Waals surface area contributed by atoms with E-state index in [1.807, 2.05) is 34.6 Å². The first-order chi connectivity index (χ1) is 17.4. The van der Waals surface area contributed by atoms with Gasteiger partial charge in [-0.05, 0) is 48.8 Å². The van der Waals surface area contributed by atoms with Crippen molar-refractivity contribution in [3.05, 3.63) is 34.2 Å². The zero-order chi connectivity index (χ0) is 27.3. The molecule has 204 valence electrons. The summed E-state index contributed by atoms with van der Waals surface area (Å²) in [5, 5.41) is 16.5. The minimum absolute atomic E-state index is 0.00112. The van der Waals surface area contributed by atoms with Gasteiger partial charge in [-0.15, -0.1) is 0 Å². The molecule has 8 heteroatoms. The second kappa shape index (κ2) is 12.0. The largest absolute Gasteiger partial charge is 0.491 e. The summed E-state index contributed by atoms with van der Waals surface area (Å²) in [5.41, 5.74) is 0.386. The van der Waals surface area contributed by atoms with Crippen LogP contribution in [0.2, 0.25) is 0 Å². The quantitative estimate of drug-likeness (QED) is 0.322. The van der Waals surface area contributed by atoms with Crippen molar-refractivity contribution in [1.82, 2.24) is 9.88 Å². The first-order valence-electron chi connectivity index (χ1n) is 13.6. The highest BCUT2D eigenvalue weighted by molar-refractivity contribution is 5.97. The molecule has 1 aliphatic rings. The highest BCUT2D eigenvalue weighted by Gasteiger charge is 2.35. The predicted molar refractivity (Wildman–Crippen MR) is 147 cm³/mol. The number of nitrogens with zero attached hydrogens (tertiary/aromatic N) is 1. The van der Waals surface area contributed by atoms with Gasteiger partial charge in [0.2, 0.25) is 5.91 Å². The summed E-state index contributed by atoms with van der Waals surface area (Å²) in [6, 6.07) is 4.61. The fourth-order valence-electron chi connectivity index (χ4n) is 5.07. The monoisotopic (exact) mass is 513 g/mol. The lowest BCUT2D eigenvalue weighted by molar-refractivity contribution is -0.119. The predicted octanol–water partition coefficient (Wildman–Crippen LogP) is 6.32. The van der Waals surface area contributed by atoms with E-state index in [2.05, 4.69) is 17.6 Å². The maximum atomic E-state index is 13.9. The van der Waals surface area contributed by atoms with Crippen LogP contribution in [0.5, 0.6) is 5.75 Å². The maximum absolute atomic E-state index is 13.9. The third-order valence-corrected chi connectivity index (χ3v) is 6.96. The lowest BCUT2D eigenvalue weighted by atomic mass is 9.83. The van der Waals surface area contributed by atoms with Gasteiger partial charge in [0.1, 0.15) is 5.75 Å². The summed E-state index contributed by atoms with van der Waals surface area (Å²) >= 11 is 0. The molecular weight excluding hydrogens is 470 g/mol. The highest BCUT2D eigenvalue weighted by atomic mass is 16.5. The smallest absolute Gasteiger partial charge is 0.405 e. The van der Waals surface area contributed by atoms with Gasteiger partial charge in [0.05, 0.1) is 23.7 Å². The first kappa shape index (κ1) is 28.5. The Morgan fingerprint density at radius 3 is 2.41 bits per heavy atom. The van der Waals surface area contributed by atoms with Crippen molar-refractivity contribution >= 4 is 28.5 Å². The standard InChI is InChI=1S/C29H43N3O5/c1-7-8-15-37-24-22-16-20(30-26(33)19-11-9-10-12-19)13-14-21(22)27(34)32(17-18(2)3)23(24)25(29(4,5)6)31-28(35)36/h13-14,16,18-19,25,31H,7-12,15,17H2,1-6H3,(H,30,33)(H,35,36). The number of aromatic nitrogens is 1. The number of amides is 2. The molecule has 1 fully saturated rings. The molecule has 3 rings (SSSR count). The molecule has 2 amide bonds. The molecule has 1 atom stereocenters. The Hall–Kier alpha value is -3.03. The molecule has 2 aromatic rings. The van der Waals surface area contributed by atoms with Crippen LogP contribution in [0.3, 0.4) is 0 Å². The number of hydrogen-bond acceptors (Lipinski definition) is 4. The molecule has 8 nitrogen and oxygen atoms in total. The summed E-state index contributed by atoms with van der Waals surface area (Å²) in [7, 11) is 0. The van der Waals surface area contributed by atoms with Gasteiger partial charge in [0, 0.05) is 23.5 Å². The molecule has 3 N–H and O–H groups in total. The topological polar surface area (TPSA) is 110 Å². The van der Waals surface area contributed by atoms with Gasteiger partial charge >= 0.3 is 6.09 Å². The number of carbonyl (C=O) groups is 2. The number of carboxylic acid groups (broad SMARTS) is 1. The molecule has 0 spiro atoms. The van der Waals surface area contributed by atoms with Gasteiger partial charge < -0.3 is 25.0 Å². The van der Waals surface area contributed by atoms with E-state index in [0.29, 0.717) is 41.1 Å². The van der Waals surface area contributed by atoms with Crippen LogP contribution in [0.25, 0.3) is 10.8 Å². The summed E-state index contributed by atoms with van der Waals surface area (Å²) in [4.78, 5) is 38.6. The van der Waals surface area contributed by atoms with Crippen LogP contribution in [0, 0.1) is 17.3 Å². The van der Waals surface area contributed by atoms with Gasteiger partial charge in [0.15, 0.2) is 0 Å². The summed E-state index contributed by atoms with van der Waals surface area (Å²) < 4.78 is 8.06. The molecule has 1 aliphatic carbocycles. The number of anilines is 1. The van der Waals surface area contributed by atoms with E-state index in [1.165, 1.54) is 0 Å². The van der Waals surface area contributed by atoms with E-state index >= 15 is 0 Å². The van der Waals surface area contributed by atoms with Gasteiger partial charge in [-0.3, -0.25) is 9.59 Å². The molecular formula is C29H43N3O5. The number of carbonyl (C=O) groups excluding carboxylic acids is 1. The number of nitrogens with one attached hydrogen (secondary N) is 2. The van der Waals surface area contributed by atoms with Crippen LogP contribution in [0.15, 0.2) is 23.0 Å². The Morgan fingerprint density at radius 2 is 1.84 bits per heavy atom. The zero-order valence-corrected chi connectivity index (χ0v) is 23.1. The van der Waals surface area contributed by atoms with E-state index in [-0.39, 0.29) is 23.3 Å². The van der Waals surface area contributed by atoms with Crippen LogP contribution in [0.4, 0.5) is 10.5 Å². The van der Waals surface area contributed by atoms with Gasteiger partial charge in [-0.2, -0.15) is 0 Å². The summed E-state index contributed by atoms with van der Waals surface area (Å²) in [5.74, 6) is 0.650. The van der Waals surface area contributed by atoms with Crippen molar-refractivity contribution in [3.63, 3.8) is 0 Å². The second-order valence-electron chi connectivity index (χ2n) is 11.7. The Bertz CT molecular complexity index is 1170. The van der Waals surface area contributed by atoms with Crippen LogP contribution >= 0.6 is 0 Å². The van der Waals surface area contributed by atoms with Crippen molar-refractivity contribution in [1.29, 1.82) is 0 Å². The number of ether oxygens (including phenoxy) is 1. The van der Waals surface area contributed by atoms with E-state index < -0.39 is 17.6 Å². The van der Waals surface area contributed by atoms with E-state index in [4.69, 9.17) is 4.74 Å². The normalized spacial score (nSPS) is 15.2. The summed E-state index contributed by atoms with van der Waals surface area (Å²) in [6.07, 6.45) is 4.49. The molecule has 37 heavy (non-hydrogen) atoms. The van der Waals surface area contributed by atoms with E-state index in [9.17, 15) is 19.5 Å². The Labute approximate surface area is 219 Å². The fraction of sp³-hybridized carbons (Fsp3) is 0.621. The number of fused-ring (bicyclic) bond motifs is 1. The minimum atomic E-state index is -1.17. The van der Waals surface area contributed by atoms with Gasteiger partial charge in [0.25, 0.3) is 5.56 Å². The van der Waals surface area contributed by atoms with E-state index in [0.717, 1.165) is 38.5 Å². The molecule has 0 bridgehead atoms. The third kappa shape index (κ3) is 6.84. The maximum Gasteiger partial charge on any atom is 0.405 e. The van der Waals surface area contributed by atoms with Gasteiger partial charge in [-0.1, -0.05) is 60.8 Å². The minimum Gasteiger partial charge on any atom is -0.491 e. The van der Waals surface area contributed by atoms with Crippen LogP contribution in [0.1, 0.15) is 91.8 Å². The Balaban J connectivity index is 2.28. The molecule has 1 heterocycles. The number of hydrogen-bond donors (Lipinski definition) is 3.